The highest BCUT2D eigenvalue weighted by Crippen LogP contribution is 2.37. The van der Waals surface area contributed by atoms with E-state index < -0.39 is 5.60 Å². The zero-order valence-electron chi connectivity index (χ0n) is 11.0. The molecule has 0 saturated carbocycles. The molecule has 1 rings (SSSR count). The fourth-order valence-corrected chi connectivity index (χ4v) is 2.47. The van der Waals surface area contributed by atoms with Crippen molar-refractivity contribution in [2.75, 3.05) is 6.61 Å². The van der Waals surface area contributed by atoms with Crippen LogP contribution < -0.4 is 11.3 Å². The summed E-state index contributed by atoms with van der Waals surface area (Å²) >= 11 is 12.3. The Hall–Kier alpha value is -0.320. The third-order valence-electron chi connectivity index (χ3n) is 3.25. The van der Waals surface area contributed by atoms with Gasteiger partial charge in [-0.25, -0.2) is 0 Å². The highest BCUT2D eigenvalue weighted by atomic mass is 35.5. The van der Waals surface area contributed by atoms with Crippen LogP contribution in [0.1, 0.15) is 38.8 Å². The monoisotopic (exact) mass is 290 g/mol. The lowest BCUT2D eigenvalue weighted by molar-refractivity contribution is -0.0563. The summed E-state index contributed by atoms with van der Waals surface area (Å²) in [5.41, 5.74) is 3.21. The Labute approximate surface area is 119 Å². The molecule has 0 heterocycles. The lowest BCUT2D eigenvalue weighted by Crippen LogP contribution is -2.46. The smallest absolute Gasteiger partial charge is 0.0859 e. The Morgan fingerprint density at radius 2 is 2.06 bits per heavy atom. The first-order chi connectivity index (χ1) is 8.50. The average Bonchev–Trinajstić information content (AvgIpc) is 2.35. The minimum atomic E-state index is -0.433. The lowest BCUT2D eigenvalue weighted by atomic mass is 9.88. The molecule has 0 bridgehead atoms. The number of hydrogen-bond acceptors (Lipinski definition) is 3. The Morgan fingerprint density at radius 3 is 2.56 bits per heavy atom. The second-order valence-electron chi connectivity index (χ2n) is 4.34. The van der Waals surface area contributed by atoms with E-state index in [0.717, 1.165) is 12.0 Å². The summed E-state index contributed by atoms with van der Waals surface area (Å²) in [6, 6.07) is 5.31. The van der Waals surface area contributed by atoms with Crippen molar-refractivity contribution in [3.05, 3.63) is 33.8 Å². The van der Waals surface area contributed by atoms with Crippen LogP contribution in [0.15, 0.2) is 18.2 Å². The zero-order chi connectivity index (χ0) is 13.8. The van der Waals surface area contributed by atoms with Crippen molar-refractivity contribution in [2.24, 2.45) is 5.84 Å². The van der Waals surface area contributed by atoms with Gasteiger partial charge in [-0.2, -0.15) is 0 Å². The third kappa shape index (κ3) is 3.16. The maximum atomic E-state index is 6.25. The predicted molar refractivity (Wildman–Crippen MR) is 76.8 cm³/mol. The summed E-state index contributed by atoms with van der Waals surface area (Å²) in [6.07, 6.45) is 0.804. The minimum Gasteiger partial charge on any atom is -0.374 e. The summed E-state index contributed by atoms with van der Waals surface area (Å²) in [5.74, 6) is 5.68. The van der Waals surface area contributed by atoms with Crippen LogP contribution in [0, 0.1) is 0 Å². The van der Waals surface area contributed by atoms with Gasteiger partial charge in [0.05, 0.1) is 21.7 Å². The maximum absolute atomic E-state index is 6.25. The van der Waals surface area contributed by atoms with Crippen molar-refractivity contribution in [1.82, 2.24) is 5.43 Å². The molecule has 2 unspecified atom stereocenters. The molecule has 0 amide bonds. The molecule has 18 heavy (non-hydrogen) atoms. The van der Waals surface area contributed by atoms with Gasteiger partial charge in [-0.3, -0.25) is 11.3 Å². The fraction of sp³-hybridized carbons (Fsp3) is 0.538. The summed E-state index contributed by atoms with van der Waals surface area (Å²) in [6.45, 7) is 6.64. The van der Waals surface area contributed by atoms with Gasteiger partial charge in [0.15, 0.2) is 0 Å². The molecule has 0 aliphatic rings. The first-order valence-corrected chi connectivity index (χ1v) is 6.79. The molecule has 1 aromatic carbocycles. The number of hydrazine groups is 1. The number of rotatable bonds is 6. The molecule has 3 nitrogen and oxygen atoms in total. The molecule has 0 fully saturated rings. The first kappa shape index (κ1) is 15.7. The SMILES string of the molecule is CCOC(C)(CC)C(NN)c1cccc(Cl)c1Cl. The number of nitrogens with two attached hydrogens (primary N) is 1. The molecule has 0 saturated heterocycles. The van der Waals surface area contributed by atoms with Gasteiger partial charge in [0, 0.05) is 6.61 Å². The molecule has 1 aromatic rings. The van der Waals surface area contributed by atoms with Crippen LogP contribution in [0.5, 0.6) is 0 Å². The van der Waals surface area contributed by atoms with E-state index in [1.807, 2.05) is 26.0 Å². The minimum absolute atomic E-state index is 0.214. The van der Waals surface area contributed by atoms with Gasteiger partial charge in [-0.15, -0.1) is 0 Å². The van der Waals surface area contributed by atoms with E-state index in [9.17, 15) is 0 Å². The van der Waals surface area contributed by atoms with E-state index in [1.165, 1.54) is 0 Å². The van der Waals surface area contributed by atoms with Gasteiger partial charge >= 0.3 is 0 Å². The number of hydrogen-bond donors (Lipinski definition) is 2. The number of halogens is 2. The Kier molecular flexibility index (Phi) is 5.89. The van der Waals surface area contributed by atoms with E-state index >= 15 is 0 Å². The largest absolute Gasteiger partial charge is 0.374 e. The maximum Gasteiger partial charge on any atom is 0.0859 e. The second kappa shape index (κ2) is 6.73. The van der Waals surface area contributed by atoms with E-state index in [2.05, 4.69) is 12.3 Å². The lowest BCUT2D eigenvalue weighted by Gasteiger charge is -2.37. The molecule has 0 spiro atoms. The van der Waals surface area contributed by atoms with Gasteiger partial charge in [0.1, 0.15) is 0 Å². The quantitative estimate of drug-likeness (QED) is 0.620. The average molecular weight is 291 g/mol. The van der Waals surface area contributed by atoms with E-state index in [4.69, 9.17) is 33.8 Å². The zero-order valence-corrected chi connectivity index (χ0v) is 12.5. The van der Waals surface area contributed by atoms with Gasteiger partial charge in [-0.1, -0.05) is 42.3 Å². The third-order valence-corrected chi connectivity index (χ3v) is 4.08. The first-order valence-electron chi connectivity index (χ1n) is 6.04. The summed E-state index contributed by atoms with van der Waals surface area (Å²) in [4.78, 5) is 0. The Morgan fingerprint density at radius 1 is 1.39 bits per heavy atom. The van der Waals surface area contributed by atoms with Crippen LogP contribution >= 0.6 is 23.2 Å². The summed E-state index contributed by atoms with van der Waals surface area (Å²) in [5, 5.41) is 1.03. The predicted octanol–water partition coefficient (Wildman–Crippen LogP) is 3.70. The van der Waals surface area contributed by atoms with Crippen LogP contribution in [0.2, 0.25) is 10.0 Å². The Bertz CT molecular complexity index is 401. The number of benzene rings is 1. The highest BCUT2D eigenvalue weighted by Gasteiger charge is 2.35. The van der Waals surface area contributed by atoms with Crippen LogP contribution in [0.25, 0.3) is 0 Å². The molecule has 102 valence electrons. The van der Waals surface area contributed by atoms with Gasteiger partial charge in [0.25, 0.3) is 0 Å². The van der Waals surface area contributed by atoms with E-state index in [-0.39, 0.29) is 6.04 Å². The van der Waals surface area contributed by atoms with Crippen LogP contribution in [0.4, 0.5) is 0 Å². The highest BCUT2D eigenvalue weighted by molar-refractivity contribution is 6.42. The standard InChI is InChI=1S/C13H20Cl2N2O/c1-4-13(3,18-5-2)12(17-16)9-7-6-8-10(14)11(9)15/h6-8,12,17H,4-5,16H2,1-3H3. The molecule has 0 aliphatic carbocycles. The molecule has 0 aromatic heterocycles. The molecule has 0 radical (unpaired) electrons. The molecular weight excluding hydrogens is 271 g/mol. The molecule has 5 heteroatoms. The fourth-order valence-electron chi connectivity index (χ4n) is 2.06. The number of ether oxygens (including phenoxy) is 1. The second-order valence-corrected chi connectivity index (χ2v) is 5.13. The van der Waals surface area contributed by atoms with E-state index in [1.54, 1.807) is 6.07 Å². The molecule has 2 atom stereocenters. The Balaban J connectivity index is 3.19. The molecular formula is C13H20Cl2N2O. The van der Waals surface area contributed by atoms with Crippen molar-refractivity contribution >= 4 is 23.2 Å². The van der Waals surface area contributed by atoms with Gasteiger partial charge in [0.2, 0.25) is 0 Å². The van der Waals surface area contributed by atoms with Crippen molar-refractivity contribution in [1.29, 1.82) is 0 Å². The van der Waals surface area contributed by atoms with E-state index in [0.29, 0.717) is 16.7 Å². The van der Waals surface area contributed by atoms with Crippen LogP contribution in [-0.4, -0.2) is 12.2 Å². The van der Waals surface area contributed by atoms with Crippen LogP contribution in [0.3, 0.4) is 0 Å². The van der Waals surface area contributed by atoms with Crippen molar-refractivity contribution in [2.45, 2.75) is 38.8 Å². The summed E-state index contributed by atoms with van der Waals surface area (Å²) in [7, 11) is 0. The van der Waals surface area contributed by atoms with Gasteiger partial charge < -0.3 is 4.74 Å². The van der Waals surface area contributed by atoms with Crippen molar-refractivity contribution < 1.29 is 4.74 Å². The molecule has 0 aliphatic heterocycles. The number of nitrogens with one attached hydrogen (secondary N) is 1. The summed E-state index contributed by atoms with van der Waals surface area (Å²) < 4.78 is 5.84. The topological polar surface area (TPSA) is 47.3 Å². The van der Waals surface area contributed by atoms with Gasteiger partial charge in [-0.05, 0) is 31.9 Å². The normalized spacial score (nSPS) is 16.3. The molecule has 3 N–H and O–H groups in total. The van der Waals surface area contributed by atoms with Crippen molar-refractivity contribution in [3.63, 3.8) is 0 Å². The van der Waals surface area contributed by atoms with Crippen molar-refractivity contribution in [3.8, 4) is 0 Å². The van der Waals surface area contributed by atoms with Crippen LogP contribution in [-0.2, 0) is 4.74 Å².